The van der Waals surface area contributed by atoms with Crippen molar-refractivity contribution in [1.82, 2.24) is 0 Å². The number of benzene rings is 4. The van der Waals surface area contributed by atoms with E-state index in [9.17, 15) is 10.1 Å². The van der Waals surface area contributed by atoms with Crippen LogP contribution in [0.15, 0.2) is 103 Å². The van der Waals surface area contributed by atoms with E-state index in [0.717, 1.165) is 16.3 Å². The highest BCUT2D eigenvalue weighted by molar-refractivity contribution is 6.10. The molecule has 0 saturated carbocycles. The number of carbonyl (C=O) groups excluding carboxylic acids is 1. The molecule has 0 aliphatic rings. The average molecular weight is 404 g/mol. The third kappa shape index (κ3) is 4.98. The standard InChI is InChI=1S/C27H20N2O2/c28-18-24(27(30)29-25-15-14-21-10-4-5-11-22(21)17-25)16-23-12-6-7-13-26(23)31-19-20-8-2-1-3-9-20/h1-17H,19H2,(H,29,30)/b24-16+. The molecule has 0 radical (unpaired) electrons. The van der Waals surface area contributed by atoms with Gasteiger partial charge in [-0.25, -0.2) is 0 Å². The Balaban J connectivity index is 1.53. The van der Waals surface area contributed by atoms with Crippen LogP contribution in [0, 0.1) is 11.3 Å². The second-order valence-electron chi connectivity index (χ2n) is 7.00. The van der Waals surface area contributed by atoms with Gasteiger partial charge in [0.15, 0.2) is 0 Å². The number of fused-ring (bicyclic) bond motifs is 1. The predicted octanol–water partition coefficient (Wildman–Crippen LogP) is 5.96. The van der Waals surface area contributed by atoms with Gasteiger partial charge in [-0.15, -0.1) is 0 Å². The minimum absolute atomic E-state index is 0.00363. The molecular weight excluding hydrogens is 384 g/mol. The molecule has 1 amide bonds. The second kappa shape index (κ2) is 9.43. The van der Waals surface area contributed by atoms with Crippen LogP contribution in [0.5, 0.6) is 5.75 Å². The third-order valence-electron chi connectivity index (χ3n) is 4.83. The van der Waals surface area contributed by atoms with Gasteiger partial charge in [-0.05, 0) is 40.6 Å². The van der Waals surface area contributed by atoms with Gasteiger partial charge in [0, 0.05) is 11.3 Å². The summed E-state index contributed by atoms with van der Waals surface area (Å²) in [7, 11) is 0. The number of carbonyl (C=O) groups is 1. The quantitative estimate of drug-likeness (QED) is 0.318. The van der Waals surface area contributed by atoms with E-state index in [0.29, 0.717) is 23.6 Å². The zero-order valence-electron chi connectivity index (χ0n) is 16.8. The highest BCUT2D eigenvalue weighted by Gasteiger charge is 2.12. The molecule has 0 saturated heterocycles. The Morgan fingerprint density at radius 3 is 2.39 bits per heavy atom. The van der Waals surface area contributed by atoms with Gasteiger partial charge in [-0.3, -0.25) is 4.79 Å². The van der Waals surface area contributed by atoms with Crippen molar-refractivity contribution in [1.29, 1.82) is 5.26 Å². The monoisotopic (exact) mass is 404 g/mol. The summed E-state index contributed by atoms with van der Waals surface area (Å²) in [6.45, 7) is 0.400. The Labute approximate surface area is 181 Å². The first-order valence-electron chi connectivity index (χ1n) is 9.90. The molecule has 4 rings (SSSR count). The summed E-state index contributed by atoms with van der Waals surface area (Å²) in [5.74, 6) is 0.147. The summed E-state index contributed by atoms with van der Waals surface area (Å²) in [6, 6.07) is 32.7. The molecule has 4 aromatic rings. The van der Waals surface area contributed by atoms with E-state index in [2.05, 4.69) is 5.32 Å². The number of anilines is 1. The van der Waals surface area contributed by atoms with Crippen LogP contribution >= 0.6 is 0 Å². The number of amides is 1. The van der Waals surface area contributed by atoms with Crippen molar-refractivity contribution in [3.05, 3.63) is 114 Å². The van der Waals surface area contributed by atoms with Crippen molar-refractivity contribution in [2.45, 2.75) is 6.61 Å². The predicted molar refractivity (Wildman–Crippen MR) is 123 cm³/mol. The Morgan fingerprint density at radius 2 is 1.58 bits per heavy atom. The van der Waals surface area contributed by atoms with Gasteiger partial charge in [0.05, 0.1) is 0 Å². The maximum Gasteiger partial charge on any atom is 0.266 e. The first-order chi connectivity index (χ1) is 15.2. The largest absolute Gasteiger partial charge is 0.488 e. The van der Waals surface area contributed by atoms with Crippen molar-refractivity contribution in [2.24, 2.45) is 0 Å². The van der Waals surface area contributed by atoms with Gasteiger partial charge >= 0.3 is 0 Å². The van der Waals surface area contributed by atoms with Crippen LogP contribution in [-0.2, 0) is 11.4 Å². The average Bonchev–Trinajstić information content (AvgIpc) is 2.82. The fourth-order valence-corrected chi connectivity index (χ4v) is 3.24. The smallest absolute Gasteiger partial charge is 0.266 e. The van der Waals surface area contributed by atoms with Crippen LogP contribution in [0.25, 0.3) is 16.8 Å². The van der Waals surface area contributed by atoms with E-state index >= 15 is 0 Å². The molecule has 0 aliphatic carbocycles. The van der Waals surface area contributed by atoms with Gasteiger partial charge < -0.3 is 10.1 Å². The zero-order valence-corrected chi connectivity index (χ0v) is 16.8. The lowest BCUT2D eigenvalue weighted by Crippen LogP contribution is -2.13. The lowest BCUT2D eigenvalue weighted by Gasteiger charge is -2.10. The van der Waals surface area contributed by atoms with Crippen molar-refractivity contribution in [2.75, 3.05) is 5.32 Å². The van der Waals surface area contributed by atoms with Crippen molar-refractivity contribution < 1.29 is 9.53 Å². The van der Waals surface area contributed by atoms with E-state index in [1.165, 1.54) is 0 Å². The molecule has 4 heteroatoms. The molecule has 4 nitrogen and oxygen atoms in total. The third-order valence-corrected chi connectivity index (χ3v) is 4.83. The van der Waals surface area contributed by atoms with Crippen LogP contribution in [0.4, 0.5) is 5.69 Å². The number of para-hydroxylation sites is 1. The fraction of sp³-hybridized carbons (Fsp3) is 0.0370. The molecule has 0 bridgehead atoms. The molecule has 0 aliphatic heterocycles. The Kier molecular flexibility index (Phi) is 6.06. The van der Waals surface area contributed by atoms with Crippen molar-refractivity contribution in [3.63, 3.8) is 0 Å². The second-order valence-corrected chi connectivity index (χ2v) is 7.00. The van der Waals surface area contributed by atoms with E-state index < -0.39 is 5.91 Å². The number of nitrogens with one attached hydrogen (secondary N) is 1. The summed E-state index contributed by atoms with van der Waals surface area (Å²) in [5, 5.41) is 14.5. The lowest BCUT2D eigenvalue weighted by atomic mass is 10.1. The summed E-state index contributed by atoms with van der Waals surface area (Å²) < 4.78 is 5.93. The molecule has 0 atom stereocenters. The SMILES string of the molecule is N#C/C(=C\c1ccccc1OCc1ccccc1)C(=O)Nc1ccc2ccccc2c1. The lowest BCUT2D eigenvalue weighted by molar-refractivity contribution is -0.112. The normalized spacial score (nSPS) is 11.0. The minimum atomic E-state index is -0.462. The number of nitrogens with zero attached hydrogens (tertiary/aromatic N) is 1. The van der Waals surface area contributed by atoms with Crippen LogP contribution in [0.1, 0.15) is 11.1 Å². The van der Waals surface area contributed by atoms with Gasteiger partial charge in [-0.2, -0.15) is 5.26 Å². The number of ether oxygens (including phenoxy) is 1. The number of hydrogen-bond acceptors (Lipinski definition) is 3. The van der Waals surface area contributed by atoms with Crippen LogP contribution in [0.3, 0.4) is 0 Å². The summed E-state index contributed by atoms with van der Waals surface area (Å²) in [5.41, 5.74) is 2.35. The zero-order chi connectivity index (χ0) is 21.5. The topological polar surface area (TPSA) is 62.1 Å². The van der Waals surface area contributed by atoms with Crippen molar-refractivity contribution >= 4 is 28.4 Å². The maximum absolute atomic E-state index is 12.7. The number of hydrogen-bond donors (Lipinski definition) is 1. The van der Waals surface area contributed by atoms with Gasteiger partial charge in [0.25, 0.3) is 5.91 Å². The van der Waals surface area contributed by atoms with E-state index in [1.54, 1.807) is 6.08 Å². The molecule has 0 spiro atoms. The Bertz CT molecular complexity index is 1290. The Hall–Kier alpha value is -4.36. The van der Waals surface area contributed by atoms with Gasteiger partial charge in [0.1, 0.15) is 24.0 Å². The van der Waals surface area contributed by atoms with Crippen LogP contribution < -0.4 is 10.1 Å². The van der Waals surface area contributed by atoms with Crippen LogP contribution in [-0.4, -0.2) is 5.91 Å². The highest BCUT2D eigenvalue weighted by atomic mass is 16.5. The summed E-state index contributed by atoms with van der Waals surface area (Å²) in [6.07, 6.45) is 1.55. The summed E-state index contributed by atoms with van der Waals surface area (Å²) >= 11 is 0. The maximum atomic E-state index is 12.7. The first-order valence-corrected chi connectivity index (χ1v) is 9.90. The van der Waals surface area contributed by atoms with E-state index in [1.807, 2.05) is 103 Å². The molecule has 0 heterocycles. The number of nitriles is 1. The van der Waals surface area contributed by atoms with Gasteiger partial charge in [-0.1, -0.05) is 78.9 Å². The molecule has 0 fully saturated rings. The molecule has 0 unspecified atom stereocenters. The highest BCUT2D eigenvalue weighted by Crippen LogP contribution is 2.23. The van der Waals surface area contributed by atoms with E-state index in [4.69, 9.17) is 4.74 Å². The fourth-order valence-electron chi connectivity index (χ4n) is 3.24. The molecular formula is C27H20N2O2. The van der Waals surface area contributed by atoms with Crippen LogP contribution in [0.2, 0.25) is 0 Å². The van der Waals surface area contributed by atoms with Gasteiger partial charge in [0.2, 0.25) is 0 Å². The molecule has 31 heavy (non-hydrogen) atoms. The Morgan fingerprint density at radius 1 is 0.871 bits per heavy atom. The molecule has 150 valence electrons. The van der Waals surface area contributed by atoms with Crippen molar-refractivity contribution in [3.8, 4) is 11.8 Å². The molecule has 1 N–H and O–H groups in total. The number of rotatable bonds is 6. The molecule has 0 aromatic heterocycles. The van der Waals surface area contributed by atoms with E-state index in [-0.39, 0.29) is 5.57 Å². The molecule has 4 aromatic carbocycles. The summed E-state index contributed by atoms with van der Waals surface area (Å²) in [4.78, 5) is 12.7. The first kappa shape index (κ1) is 19.9. The minimum Gasteiger partial charge on any atom is -0.488 e.